The van der Waals surface area contributed by atoms with Crippen LogP contribution in [-0.2, 0) is 10.8 Å². The number of aryl methyl sites for hydroxylation is 2. The van der Waals surface area contributed by atoms with E-state index < -0.39 is 0 Å². The van der Waals surface area contributed by atoms with E-state index in [2.05, 4.69) is 0 Å². The minimum atomic E-state index is -0.220. The Labute approximate surface area is 156 Å². The highest BCUT2D eigenvalue weighted by Crippen LogP contribution is 2.44. The van der Waals surface area contributed by atoms with Crippen LogP contribution in [0.4, 0.5) is 0 Å². The average Bonchev–Trinajstić information content (AvgIpc) is 2.43. The lowest BCUT2D eigenvalue weighted by atomic mass is 9.85. The Bertz CT molecular complexity index is 726. The molecule has 136 valence electrons. The molecular formula is C22H28O2S-2. The molecule has 0 bridgehead atoms. The third kappa shape index (κ3) is 4.33. The second-order valence-electron chi connectivity index (χ2n) is 8.88. The van der Waals surface area contributed by atoms with Gasteiger partial charge in [-0.25, -0.2) is 0 Å². The molecule has 0 unspecified atom stereocenters. The summed E-state index contributed by atoms with van der Waals surface area (Å²) in [5.74, 6) is 0.0580. The first kappa shape index (κ1) is 19.7. The molecule has 2 rings (SSSR count). The maximum atomic E-state index is 12.9. The average molecular weight is 357 g/mol. The van der Waals surface area contributed by atoms with Crippen LogP contribution >= 0.6 is 11.8 Å². The van der Waals surface area contributed by atoms with Gasteiger partial charge in [-0.2, -0.15) is 0 Å². The van der Waals surface area contributed by atoms with Gasteiger partial charge in [0.25, 0.3) is 0 Å². The van der Waals surface area contributed by atoms with Crippen molar-refractivity contribution in [3.63, 3.8) is 0 Å². The molecule has 0 aliphatic carbocycles. The van der Waals surface area contributed by atoms with Crippen LogP contribution in [0.5, 0.6) is 11.5 Å². The fourth-order valence-corrected chi connectivity index (χ4v) is 4.00. The topological polar surface area (TPSA) is 46.1 Å². The zero-order valence-electron chi connectivity index (χ0n) is 16.5. The standard InChI is InChI=1S/C22H30O2S/c1-13-9-15(21(3,4)5)19(23)17(11-13)25-18-12-14(2)10-16(20(18)24)22(6,7)8/h9-12,23-24H,1-8H3/p-2. The molecule has 0 aliphatic rings. The van der Waals surface area contributed by atoms with Gasteiger partial charge >= 0.3 is 0 Å². The summed E-state index contributed by atoms with van der Waals surface area (Å²) in [5, 5.41) is 25.9. The lowest BCUT2D eigenvalue weighted by molar-refractivity contribution is -0.274. The van der Waals surface area contributed by atoms with Crippen molar-refractivity contribution >= 4 is 11.8 Å². The van der Waals surface area contributed by atoms with Gasteiger partial charge in [-0.3, -0.25) is 0 Å². The molecule has 0 radical (unpaired) electrons. The van der Waals surface area contributed by atoms with Crippen LogP contribution in [0.3, 0.4) is 0 Å². The maximum Gasteiger partial charge on any atom is 0.00486 e. The Balaban J connectivity index is 2.58. The van der Waals surface area contributed by atoms with Crippen LogP contribution in [-0.4, -0.2) is 0 Å². The number of benzene rings is 2. The van der Waals surface area contributed by atoms with Crippen LogP contribution < -0.4 is 10.2 Å². The summed E-state index contributed by atoms with van der Waals surface area (Å²) in [6.07, 6.45) is 0. The van der Waals surface area contributed by atoms with Crippen molar-refractivity contribution in [1.82, 2.24) is 0 Å². The normalized spacial score (nSPS) is 12.5. The molecule has 0 fully saturated rings. The summed E-state index contributed by atoms with van der Waals surface area (Å²) in [7, 11) is 0. The third-order valence-corrected chi connectivity index (χ3v) is 5.28. The fraction of sp³-hybridized carbons (Fsp3) is 0.455. The van der Waals surface area contributed by atoms with Gasteiger partial charge in [0.15, 0.2) is 0 Å². The zero-order chi connectivity index (χ0) is 19.2. The number of hydrogen-bond acceptors (Lipinski definition) is 3. The van der Waals surface area contributed by atoms with Gasteiger partial charge in [-0.15, -0.1) is 0 Å². The SMILES string of the molecule is Cc1cc(Sc2cc(C)cc(C(C)(C)C)c2[O-])c([O-])c(C(C)(C)C)c1. The second-order valence-corrected chi connectivity index (χ2v) is 9.97. The van der Waals surface area contributed by atoms with Gasteiger partial charge in [-0.05, 0) is 59.1 Å². The molecule has 0 amide bonds. The summed E-state index contributed by atoms with van der Waals surface area (Å²) in [6, 6.07) is 7.70. The van der Waals surface area contributed by atoms with Crippen LogP contribution in [0, 0.1) is 13.8 Å². The van der Waals surface area contributed by atoms with Crippen molar-refractivity contribution < 1.29 is 10.2 Å². The van der Waals surface area contributed by atoms with Crippen molar-refractivity contribution in [2.24, 2.45) is 0 Å². The summed E-state index contributed by atoms with van der Waals surface area (Å²) >= 11 is 1.30. The predicted molar refractivity (Wildman–Crippen MR) is 103 cm³/mol. The van der Waals surface area contributed by atoms with Gasteiger partial charge in [0.2, 0.25) is 0 Å². The fourth-order valence-electron chi connectivity index (χ4n) is 2.86. The van der Waals surface area contributed by atoms with Gasteiger partial charge in [0.05, 0.1) is 0 Å². The van der Waals surface area contributed by atoms with Crippen molar-refractivity contribution in [3.05, 3.63) is 46.5 Å². The van der Waals surface area contributed by atoms with Gasteiger partial charge in [-0.1, -0.05) is 76.9 Å². The quantitative estimate of drug-likeness (QED) is 0.743. The largest absolute Gasteiger partial charge is 0.871 e. The van der Waals surface area contributed by atoms with Crippen molar-refractivity contribution in [2.75, 3.05) is 0 Å². The lowest BCUT2D eigenvalue weighted by Gasteiger charge is -2.31. The molecule has 2 aromatic carbocycles. The van der Waals surface area contributed by atoms with E-state index in [1.54, 1.807) is 0 Å². The van der Waals surface area contributed by atoms with Crippen molar-refractivity contribution in [2.45, 2.75) is 76.0 Å². The van der Waals surface area contributed by atoms with Gasteiger partial charge in [0, 0.05) is 9.79 Å². The first-order valence-electron chi connectivity index (χ1n) is 8.63. The Kier molecular flexibility index (Phi) is 5.21. The molecule has 0 N–H and O–H groups in total. The summed E-state index contributed by atoms with van der Waals surface area (Å²) in [5.41, 5.74) is 3.24. The molecule has 2 nitrogen and oxygen atoms in total. The van der Waals surface area contributed by atoms with E-state index in [1.165, 1.54) is 11.8 Å². The zero-order valence-corrected chi connectivity index (χ0v) is 17.4. The van der Waals surface area contributed by atoms with Crippen molar-refractivity contribution in [1.29, 1.82) is 0 Å². The molecule has 0 saturated heterocycles. The van der Waals surface area contributed by atoms with Crippen molar-refractivity contribution in [3.8, 4) is 11.5 Å². The van der Waals surface area contributed by atoms with Crippen LogP contribution in [0.1, 0.15) is 63.8 Å². The molecule has 0 spiro atoms. The van der Waals surface area contributed by atoms with E-state index in [-0.39, 0.29) is 22.3 Å². The van der Waals surface area contributed by atoms with E-state index in [0.717, 1.165) is 22.3 Å². The number of hydrogen-bond donors (Lipinski definition) is 0. The van der Waals surface area contributed by atoms with E-state index in [0.29, 0.717) is 9.79 Å². The van der Waals surface area contributed by atoms with E-state index in [4.69, 9.17) is 0 Å². The van der Waals surface area contributed by atoms with E-state index in [1.807, 2.05) is 79.7 Å². The van der Waals surface area contributed by atoms with Gasteiger partial charge in [0.1, 0.15) is 0 Å². The van der Waals surface area contributed by atoms with Crippen LogP contribution in [0.2, 0.25) is 0 Å². The minimum absolute atomic E-state index is 0.0290. The maximum absolute atomic E-state index is 12.9. The Hall–Kier alpha value is -1.61. The predicted octanol–water partition coefficient (Wildman–Crippen LogP) is 5.20. The Morgan fingerprint density at radius 3 is 1.24 bits per heavy atom. The Morgan fingerprint density at radius 1 is 0.640 bits per heavy atom. The highest BCUT2D eigenvalue weighted by atomic mass is 32.2. The van der Waals surface area contributed by atoms with Gasteiger partial charge < -0.3 is 10.2 Å². The first-order chi connectivity index (χ1) is 11.3. The number of rotatable bonds is 2. The molecule has 0 aromatic heterocycles. The lowest BCUT2D eigenvalue weighted by Crippen LogP contribution is -2.16. The highest BCUT2D eigenvalue weighted by molar-refractivity contribution is 7.99. The first-order valence-corrected chi connectivity index (χ1v) is 9.44. The molecule has 2 aromatic rings. The molecule has 0 saturated carbocycles. The molecule has 0 aliphatic heterocycles. The summed E-state index contributed by atoms with van der Waals surface area (Å²) in [6.45, 7) is 16.2. The molecular weight excluding hydrogens is 328 g/mol. The summed E-state index contributed by atoms with van der Waals surface area (Å²) < 4.78 is 0. The second kappa shape index (κ2) is 6.60. The highest BCUT2D eigenvalue weighted by Gasteiger charge is 2.19. The molecule has 0 heterocycles. The molecule has 3 heteroatoms. The minimum Gasteiger partial charge on any atom is -0.871 e. The molecule has 25 heavy (non-hydrogen) atoms. The third-order valence-electron chi connectivity index (χ3n) is 4.23. The van der Waals surface area contributed by atoms with Crippen LogP contribution in [0.15, 0.2) is 34.1 Å². The van der Waals surface area contributed by atoms with E-state index in [9.17, 15) is 10.2 Å². The monoisotopic (exact) mass is 356 g/mol. The Morgan fingerprint density at radius 2 is 0.960 bits per heavy atom. The van der Waals surface area contributed by atoms with E-state index >= 15 is 0 Å². The smallest absolute Gasteiger partial charge is 0.00486 e. The molecule has 0 atom stereocenters. The van der Waals surface area contributed by atoms with Crippen LogP contribution in [0.25, 0.3) is 0 Å². The summed E-state index contributed by atoms with van der Waals surface area (Å²) in [4.78, 5) is 1.26.